The van der Waals surface area contributed by atoms with E-state index < -0.39 is 7.82 Å². The molecule has 0 saturated heterocycles. The molecule has 29 heavy (non-hydrogen) atoms. The average molecular weight is 410 g/mol. The van der Waals surface area contributed by atoms with Crippen LogP contribution in [0.2, 0.25) is 0 Å². The molecule has 0 heterocycles. The van der Waals surface area contributed by atoms with E-state index in [-0.39, 0.29) is 0 Å². The zero-order valence-corrected chi connectivity index (χ0v) is 18.5. The molecular weight excluding hydrogens is 383 g/mol. The second-order valence-corrected chi connectivity index (χ2v) is 8.81. The van der Waals surface area contributed by atoms with E-state index in [1.807, 2.05) is 76.2 Å². The van der Waals surface area contributed by atoms with Crippen LogP contribution in [-0.2, 0) is 11.0 Å². The highest BCUT2D eigenvalue weighted by atomic mass is 31.2. The molecule has 0 atom stereocenters. The van der Waals surface area contributed by atoms with Crippen LogP contribution in [0, 0.1) is 27.7 Å². The highest BCUT2D eigenvalue weighted by Gasteiger charge is 2.33. The smallest absolute Gasteiger partial charge is 0.386 e. The molecular formula is C24H27O4P. The minimum atomic E-state index is -3.99. The van der Waals surface area contributed by atoms with Gasteiger partial charge in [-0.15, -0.1) is 0 Å². The lowest BCUT2D eigenvalue weighted by atomic mass is 10.1. The summed E-state index contributed by atoms with van der Waals surface area (Å²) in [5.41, 5.74) is 5.18. The molecule has 0 aliphatic heterocycles. The van der Waals surface area contributed by atoms with Crippen molar-refractivity contribution in [2.45, 2.75) is 41.0 Å². The van der Waals surface area contributed by atoms with Gasteiger partial charge in [0.2, 0.25) is 0 Å². The fraction of sp³-hybridized carbons (Fsp3) is 0.250. The lowest BCUT2D eigenvalue weighted by Crippen LogP contribution is -2.08. The molecule has 0 saturated carbocycles. The largest absolute Gasteiger partial charge is 0.647 e. The maximum Gasteiger partial charge on any atom is 0.647 e. The summed E-state index contributed by atoms with van der Waals surface area (Å²) in [6.07, 6.45) is 0.913. The predicted molar refractivity (Wildman–Crippen MR) is 117 cm³/mol. The van der Waals surface area contributed by atoms with Gasteiger partial charge in [-0.25, -0.2) is 0 Å². The zero-order valence-electron chi connectivity index (χ0n) is 17.6. The molecule has 0 bridgehead atoms. The summed E-state index contributed by atoms with van der Waals surface area (Å²) in [5.74, 6) is 1.32. The highest BCUT2D eigenvalue weighted by molar-refractivity contribution is 7.49. The van der Waals surface area contributed by atoms with Crippen LogP contribution in [0.25, 0.3) is 0 Å². The number of phosphoric ester groups is 1. The topological polar surface area (TPSA) is 44.8 Å². The van der Waals surface area contributed by atoms with Gasteiger partial charge in [-0.05, 0) is 98.3 Å². The molecule has 4 nitrogen and oxygen atoms in total. The molecule has 0 aromatic heterocycles. The van der Waals surface area contributed by atoms with Crippen LogP contribution in [0.15, 0.2) is 60.7 Å². The molecule has 0 fully saturated rings. The Bertz CT molecular complexity index is 943. The van der Waals surface area contributed by atoms with Gasteiger partial charge in [0.05, 0.1) is 0 Å². The van der Waals surface area contributed by atoms with Gasteiger partial charge < -0.3 is 13.6 Å². The Hall–Kier alpha value is -2.71. The summed E-state index contributed by atoms with van der Waals surface area (Å²) >= 11 is 0. The van der Waals surface area contributed by atoms with E-state index in [2.05, 4.69) is 6.92 Å². The molecule has 3 rings (SSSR count). The van der Waals surface area contributed by atoms with Crippen molar-refractivity contribution < 1.29 is 18.1 Å². The van der Waals surface area contributed by atoms with Crippen LogP contribution < -0.4 is 13.6 Å². The van der Waals surface area contributed by atoms with Gasteiger partial charge in [-0.3, -0.25) is 0 Å². The molecule has 0 aliphatic carbocycles. The Labute approximate surface area is 173 Å². The molecule has 0 spiro atoms. The minimum absolute atomic E-state index is 0.430. The summed E-state index contributed by atoms with van der Waals surface area (Å²) in [4.78, 5) is 0. The monoisotopic (exact) mass is 410 g/mol. The van der Waals surface area contributed by atoms with E-state index in [9.17, 15) is 4.57 Å². The molecule has 0 radical (unpaired) electrons. The van der Waals surface area contributed by atoms with Crippen molar-refractivity contribution >= 4 is 7.82 Å². The van der Waals surface area contributed by atoms with Crippen LogP contribution in [-0.4, -0.2) is 0 Å². The first-order chi connectivity index (χ1) is 13.7. The first kappa shape index (κ1) is 21.0. The highest BCUT2D eigenvalue weighted by Crippen LogP contribution is 2.50. The van der Waals surface area contributed by atoms with Crippen molar-refractivity contribution in [3.8, 4) is 17.2 Å². The van der Waals surface area contributed by atoms with Crippen molar-refractivity contribution in [1.29, 1.82) is 0 Å². The van der Waals surface area contributed by atoms with E-state index >= 15 is 0 Å². The molecule has 0 N–H and O–H groups in total. The van der Waals surface area contributed by atoms with Crippen molar-refractivity contribution in [1.82, 2.24) is 0 Å². The lowest BCUT2D eigenvalue weighted by Gasteiger charge is -2.20. The van der Waals surface area contributed by atoms with E-state index in [1.165, 1.54) is 0 Å². The van der Waals surface area contributed by atoms with E-state index in [0.717, 1.165) is 34.2 Å². The Morgan fingerprint density at radius 3 is 1.38 bits per heavy atom. The third-order valence-electron chi connectivity index (χ3n) is 4.37. The van der Waals surface area contributed by atoms with Crippen LogP contribution in [0.4, 0.5) is 0 Å². The van der Waals surface area contributed by atoms with Gasteiger partial charge >= 0.3 is 7.82 Å². The molecule has 0 amide bonds. The minimum Gasteiger partial charge on any atom is -0.386 e. The second-order valence-electron chi connectivity index (χ2n) is 7.37. The van der Waals surface area contributed by atoms with Crippen molar-refractivity contribution in [3.05, 3.63) is 88.5 Å². The number of aryl methyl sites for hydroxylation is 5. The fourth-order valence-corrected chi connectivity index (χ4v) is 4.42. The summed E-state index contributed by atoms with van der Waals surface area (Å²) in [5, 5.41) is 0. The summed E-state index contributed by atoms with van der Waals surface area (Å²) < 4.78 is 31.1. The number of rotatable bonds is 7. The van der Waals surface area contributed by atoms with Gasteiger partial charge in [0, 0.05) is 0 Å². The van der Waals surface area contributed by atoms with Crippen LogP contribution in [0.3, 0.4) is 0 Å². The first-order valence-corrected chi connectivity index (χ1v) is 11.1. The number of hydrogen-bond donors (Lipinski definition) is 0. The van der Waals surface area contributed by atoms with E-state index in [4.69, 9.17) is 13.6 Å². The maximum atomic E-state index is 13.7. The normalized spacial score (nSPS) is 11.2. The SMILES string of the molecule is CCc1ccc(OP(=O)(Oc2cc(C)cc(C)c2)Oc2cc(C)cc(C)c2)cc1. The molecule has 3 aromatic rings. The standard InChI is InChI=1S/C24H27O4P/c1-6-21-7-9-22(10-8-21)26-29(25,27-23-13-17(2)11-18(3)14-23)28-24-15-19(4)12-20(5)16-24/h7-16H,6H2,1-5H3. The van der Waals surface area contributed by atoms with Gasteiger partial charge in [0.25, 0.3) is 0 Å². The first-order valence-electron chi connectivity index (χ1n) is 9.69. The zero-order chi connectivity index (χ0) is 21.0. The third-order valence-corrected chi connectivity index (χ3v) is 5.68. The maximum absolute atomic E-state index is 13.7. The van der Waals surface area contributed by atoms with Crippen LogP contribution >= 0.6 is 7.82 Å². The molecule has 5 heteroatoms. The number of phosphoric acid groups is 1. The molecule has 152 valence electrons. The van der Waals surface area contributed by atoms with Gasteiger partial charge in [0.1, 0.15) is 17.2 Å². The average Bonchev–Trinajstić information content (AvgIpc) is 2.60. The Morgan fingerprint density at radius 2 is 1.00 bits per heavy atom. The quantitative estimate of drug-likeness (QED) is 0.389. The van der Waals surface area contributed by atoms with Gasteiger partial charge in [-0.1, -0.05) is 31.2 Å². The summed E-state index contributed by atoms with van der Waals surface area (Å²) in [6.45, 7) is 9.91. The number of hydrogen-bond acceptors (Lipinski definition) is 4. The fourth-order valence-electron chi connectivity index (χ4n) is 3.20. The van der Waals surface area contributed by atoms with Crippen LogP contribution in [0.5, 0.6) is 17.2 Å². The van der Waals surface area contributed by atoms with Crippen LogP contribution in [0.1, 0.15) is 34.7 Å². The number of benzene rings is 3. The van der Waals surface area contributed by atoms with E-state index in [1.54, 1.807) is 12.1 Å². The molecule has 0 unspecified atom stereocenters. The third kappa shape index (κ3) is 5.88. The van der Waals surface area contributed by atoms with E-state index in [0.29, 0.717) is 17.2 Å². The second kappa shape index (κ2) is 8.75. The predicted octanol–water partition coefficient (Wildman–Crippen LogP) is 7.13. The van der Waals surface area contributed by atoms with Crippen molar-refractivity contribution in [2.24, 2.45) is 0 Å². The summed E-state index contributed by atoms with van der Waals surface area (Å²) in [6, 6.07) is 18.7. The molecule has 0 aliphatic rings. The Kier molecular flexibility index (Phi) is 6.34. The Balaban J connectivity index is 1.95. The van der Waals surface area contributed by atoms with Crippen molar-refractivity contribution in [2.75, 3.05) is 0 Å². The Morgan fingerprint density at radius 1 is 0.621 bits per heavy atom. The molecule has 3 aromatic carbocycles. The van der Waals surface area contributed by atoms with Crippen molar-refractivity contribution in [3.63, 3.8) is 0 Å². The van der Waals surface area contributed by atoms with Gasteiger partial charge in [0.15, 0.2) is 0 Å². The lowest BCUT2D eigenvalue weighted by molar-refractivity contribution is 0.298. The van der Waals surface area contributed by atoms with Gasteiger partial charge in [-0.2, -0.15) is 4.57 Å². The summed E-state index contributed by atoms with van der Waals surface area (Å²) in [7, 11) is -3.99.